The van der Waals surface area contributed by atoms with Crippen LogP contribution in [0.4, 0.5) is 0 Å². The van der Waals surface area contributed by atoms with E-state index in [9.17, 15) is 14.7 Å². The lowest BCUT2D eigenvalue weighted by Gasteiger charge is -2.60. The van der Waals surface area contributed by atoms with Gasteiger partial charge in [0, 0.05) is 18.8 Å². The van der Waals surface area contributed by atoms with Gasteiger partial charge in [-0.2, -0.15) is 0 Å². The molecule has 13 atom stereocenters. The van der Waals surface area contributed by atoms with E-state index in [1.165, 1.54) is 0 Å². The van der Waals surface area contributed by atoms with Crippen molar-refractivity contribution >= 4 is 11.9 Å². The molecule has 5 saturated heterocycles. The van der Waals surface area contributed by atoms with Crippen LogP contribution in [0.3, 0.4) is 0 Å². The molecule has 5 aliphatic heterocycles. The van der Waals surface area contributed by atoms with Gasteiger partial charge >= 0.3 is 11.9 Å². The van der Waals surface area contributed by atoms with E-state index in [1.54, 1.807) is 24.3 Å². The number of benzene rings is 1. The van der Waals surface area contributed by atoms with Crippen LogP contribution in [0.1, 0.15) is 115 Å². The van der Waals surface area contributed by atoms with E-state index in [0.717, 1.165) is 56.9 Å². The summed E-state index contributed by atoms with van der Waals surface area (Å²) in [5, 5.41) is 10.7. The summed E-state index contributed by atoms with van der Waals surface area (Å²) in [6.07, 6.45) is 6.05. The van der Waals surface area contributed by atoms with Gasteiger partial charge < -0.3 is 33.5 Å². The SMILES string of the molecule is C=CCCCC[C@@H](C)O[C@@H]1O[C@@H](C)[C@H](OC(=O)c2ccc(COC(=O)C[C@H]3O[C@@H]4O[C@@]5(C)CC[C@H]6[C@H](C)CC[C@@H]([C@H]3C)[C@@]46OO5)cc2)C[C@H]1O. The molecule has 1 spiro atoms. The number of aliphatic hydroxyl groups excluding tert-OH is 1. The standard InChI is InChI=1S/C39H56O11/c1-7-8-9-10-11-24(3)44-36-31(40)20-33(26(5)45-36)46-35(42)28-15-13-27(14-16-28)22-43-34(41)21-32-25(4)30-17-12-23(2)29-18-19-38(6)48-37(47-32)39(29,30)50-49-38/h7,13-16,23-26,29-33,36-37,40H,1,8-12,17-22H2,2-6H3/t23-,24-,25-,26+,29+,30+,31-,32-,33-,36-,37-,38-,39-/m1/s1. The highest BCUT2D eigenvalue weighted by molar-refractivity contribution is 5.89. The minimum Gasteiger partial charge on any atom is -0.461 e. The van der Waals surface area contributed by atoms with Crippen molar-refractivity contribution in [3.63, 3.8) is 0 Å². The molecule has 1 aromatic carbocycles. The van der Waals surface area contributed by atoms with Crippen LogP contribution in [0.15, 0.2) is 36.9 Å². The van der Waals surface area contributed by atoms with E-state index >= 15 is 0 Å². The number of carbonyl (C=O) groups is 2. The maximum atomic E-state index is 13.1. The zero-order chi connectivity index (χ0) is 35.6. The number of esters is 2. The largest absolute Gasteiger partial charge is 0.461 e. The summed E-state index contributed by atoms with van der Waals surface area (Å²) in [6.45, 7) is 13.9. The predicted octanol–water partition coefficient (Wildman–Crippen LogP) is 6.54. The van der Waals surface area contributed by atoms with Gasteiger partial charge in [-0.3, -0.25) is 4.79 Å². The summed E-state index contributed by atoms with van der Waals surface area (Å²) in [4.78, 5) is 38.2. The second-order valence-electron chi connectivity index (χ2n) is 15.5. The highest BCUT2D eigenvalue weighted by Crippen LogP contribution is 2.60. The number of ether oxygens (including phenoxy) is 6. The van der Waals surface area contributed by atoms with E-state index in [2.05, 4.69) is 20.4 Å². The van der Waals surface area contributed by atoms with E-state index in [4.69, 9.17) is 38.2 Å². The zero-order valence-corrected chi connectivity index (χ0v) is 30.3. The predicted molar refractivity (Wildman–Crippen MR) is 181 cm³/mol. The Hall–Kier alpha value is -2.38. The third kappa shape index (κ3) is 7.84. The van der Waals surface area contributed by atoms with Gasteiger partial charge in [0.25, 0.3) is 0 Å². The first-order valence-electron chi connectivity index (χ1n) is 18.7. The molecular weight excluding hydrogens is 644 g/mol. The highest BCUT2D eigenvalue weighted by atomic mass is 17.3. The van der Waals surface area contributed by atoms with Gasteiger partial charge in [-0.05, 0) is 94.7 Å². The molecule has 7 rings (SSSR count). The molecule has 0 amide bonds. The first-order valence-corrected chi connectivity index (χ1v) is 18.7. The first kappa shape index (κ1) is 37.4. The van der Waals surface area contributed by atoms with E-state index in [1.807, 2.05) is 26.8 Å². The Labute approximate surface area is 296 Å². The number of hydrogen-bond donors (Lipinski definition) is 1. The molecule has 1 N–H and O–H groups in total. The second-order valence-corrected chi connectivity index (χ2v) is 15.5. The molecule has 5 heterocycles. The second kappa shape index (κ2) is 15.7. The summed E-state index contributed by atoms with van der Waals surface area (Å²) < 4.78 is 36.2. The molecule has 11 heteroatoms. The van der Waals surface area contributed by atoms with Crippen molar-refractivity contribution < 1.29 is 52.9 Å². The normalized spacial score (nSPS) is 39.9. The van der Waals surface area contributed by atoms with Crippen LogP contribution in [-0.2, 0) is 49.6 Å². The molecule has 11 nitrogen and oxygen atoms in total. The van der Waals surface area contributed by atoms with Crippen molar-refractivity contribution in [2.45, 2.75) is 160 Å². The third-order valence-corrected chi connectivity index (χ3v) is 11.8. The number of rotatable bonds is 13. The molecule has 6 fully saturated rings. The molecule has 6 aliphatic rings. The molecule has 0 aromatic heterocycles. The van der Waals surface area contributed by atoms with Crippen LogP contribution in [0.2, 0.25) is 0 Å². The minimum absolute atomic E-state index is 0.0477. The number of aliphatic hydroxyl groups is 1. The van der Waals surface area contributed by atoms with Crippen molar-refractivity contribution in [2.24, 2.45) is 23.7 Å². The minimum atomic E-state index is -0.913. The summed E-state index contributed by atoms with van der Waals surface area (Å²) in [5.74, 6) is -0.830. The van der Waals surface area contributed by atoms with Crippen LogP contribution in [0.5, 0.6) is 0 Å². The van der Waals surface area contributed by atoms with Gasteiger partial charge in [-0.15, -0.1) is 6.58 Å². The number of hydrogen-bond acceptors (Lipinski definition) is 11. The van der Waals surface area contributed by atoms with E-state index < -0.39 is 48.2 Å². The molecule has 0 radical (unpaired) electrons. The average molecular weight is 701 g/mol. The van der Waals surface area contributed by atoms with E-state index in [0.29, 0.717) is 11.5 Å². The van der Waals surface area contributed by atoms with Gasteiger partial charge in [0.1, 0.15) is 18.8 Å². The van der Waals surface area contributed by atoms with Crippen LogP contribution in [0, 0.1) is 23.7 Å². The lowest BCUT2D eigenvalue weighted by atomic mass is 9.57. The Kier molecular flexibility index (Phi) is 11.7. The topological polar surface area (TPSA) is 128 Å². The van der Waals surface area contributed by atoms with Crippen molar-refractivity contribution in [1.29, 1.82) is 0 Å². The molecule has 50 heavy (non-hydrogen) atoms. The quantitative estimate of drug-likeness (QED) is 0.104. The first-order chi connectivity index (χ1) is 23.9. The number of fused-ring (bicyclic) bond motifs is 2. The molecule has 0 unspecified atom stereocenters. The smallest absolute Gasteiger partial charge is 0.338 e. The fourth-order valence-electron chi connectivity index (χ4n) is 8.76. The van der Waals surface area contributed by atoms with Gasteiger partial charge in [-0.1, -0.05) is 38.5 Å². The van der Waals surface area contributed by atoms with E-state index in [-0.39, 0.29) is 55.4 Å². The summed E-state index contributed by atoms with van der Waals surface area (Å²) in [5.41, 5.74) is 0.421. The van der Waals surface area contributed by atoms with Crippen LogP contribution in [-0.4, -0.2) is 71.5 Å². The van der Waals surface area contributed by atoms with Crippen LogP contribution >= 0.6 is 0 Å². The Morgan fingerprint density at radius 2 is 1.84 bits per heavy atom. The maximum absolute atomic E-state index is 13.1. The Balaban J connectivity index is 0.967. The molecule has 2 bridgehead atoms. The number of carbonyl (C=O) groups excluding carboxylic acids is 2. The van der Waals surface area contributed by atoms with Gasteiger partial charge in [0.2, 0.25) is 5.79 Å². The van der Waals surface area contributed by atoms with Gasteiger partial charge in [0.05, 0.1) is 30.3 Å². The average Bonchev–Trinajstić information content (AvgIpc) is 3.32. The van der Waals surface area contributed by atoms with Crippen LogP contribution < -0.4 is 0 Å². The third-order valence-electron chi connectivity index (χ3n) is 11.8. The van der Waals surface area contributed by atoms with Gasteiger partial charge in [0.15, 0.2) is 18.2 Å². The van der Waals surface area contributed by atoms with Crippen molar-refractivity contribution in [3.8, 4) is 0 Å². The Morgan fingerprint density at radius 1 is 1.06 bits per heavy atom. The maximum Gasteiger partial charge on any atom is 0.338 e. The number of unbranched alkanes of at least 4 members (excludes halogenated alkanes) is 2. The summed E-state index contributed by atoms with van der Waals surface area (Å²) >= 11 is 0. The zero-order valence-electron chi connectivity index (χ0n) is 30.3. The Bertz CT molecular complexity index is 1340. The summed E-state index contributed by atoms with van der Waals surface area (Å²) in [6, 6.07) is 6.76. The molecule has 1 saturated carbocycles. The molecule has 1 aromatic rings. The molecule has 278 valence electrons. The fourth-order valence-corrected chi connectivity index (χ4v) is 8.76. The highest BCUT2D eigenvalue weighted by Gasteiger charge is 2.69. The Morgan fingerprint density at radius 3 is 2.60 bits per heavy atom. The lowest BCUT2D eigenvalue weighted by molar-refractivity contribution is -0.571. The fraction of sp³-hybridized carbons (Fsp3) is 0.744. The lowest BCUT2D eigenvalue weighted by Crippen LogP contribution is -2.70. The molecular formula is C39H56O11. The van der Waals surface area contributed by atoms with Crippen LogP contribution in [0.25, 0.3) is 0 Å². The monoisotopic (exact) mass is 700 g/mol. The summed E-state index contributed by atoms with van der Waals surface area (Å²) in [7, 11) is 0. The van der Waals surface area contributed by atoms with Crippen molar-refractivity contribution in [2.75, 3.05) is 0 Å². The van der Waals surface area contributed by atoms with Crippen molar-refractivity contribution in [1.82, 2.24) is 0 Å². The molecule has 1 aliphatic carbocycles. The number of allylic oxidation sites excluding steroid dienone is 1. The van der Waals surface area contributed by atoms with Crippen molar-refractivity contribution in [3.05, 3.63) is 48.0 Å². The van der Waals surface area contributed by atoms with Gasteiger partial charge in [-0.25, -0.2) is 14.6 Å².